The quantitative estimate of drug-likeness (QED) is 0.159. The Hall–Kier alpha value is -5.48. The Kier molecular flexibility index (Phi) is 7.35. The summed E-state index contributed by atoms with van der Waals surface area (Å²) in [5.41, 5.74) is 7.91. The Bertz CT molecular complexity index is 1810. The molecule has 5 aromatic rings. The number of aliphatic hydroxyl groups excluding tert-OH is 1. The predicted octanol–water partition coefficient (Wildman–Crippen LogP) is 9.10. The van der Waals surface area contributed by atoms with Gasteiger partial charge in [0.2, 0.25) is 0 Å². The molecule has 0 heterocycles. The lowest BCUT2D eigenvalue weighted by Gasteiger charge is -2.23. The SMILES string of the molecule is OC1=CC=C(c2ccc(O)c(C(c3ccc(-c4ccccc4)cc3)c3cc(-c4ccc(O)cc4)ccc3O)c2)C=CC1. The maximum Gasteiger partial charge on any atom is 0.119 e. The molecule has 0 amide bonds. The third-order valence-corrected chi connectivity index (χ3v) is 7.64. The number of hydrogen-bond acceptors (Lipinski definition) is 4. The van der Waals surface area contributed by atoms with E-state index in [2.05, 4.69) is 24.3 Å². The van der Waals surface area contributed by atoms with Crippen LogP contribution < -0.4 is 0 Å². The molecule has 0 bridgehead atoms. The number of phenols is 3. The van der Waals surface area contributed by atoms with Crippen LogP contribution in [0.15, 0.2) is 145 Å². The van der Waals surface area contributed by atoms with E-state index in [0.717, 1.165) is 39.0 Å². The number of rotatable bonds is 6. The lowest BCUT2D eigenvalue weighted by molar-refractivity contribution is 0.402. The van der Waals surface area contributed by atoms with Gasteiger partial charge in [-0.05, 0) is 81.4 Å². The Morgan fingerprint density at radius 3 is 1.74 bits per heavy atom. The molecule has 42 heavy (non-hydrogen) atoms. The van der Waals surface area contributed by atoms with Crippen LogP contribution in [-0.2, 0) is 0 Å². The fourth-order valence-electron chi connectivity index (χ4n) is 5.42. The van der Waals surface area contributed by atoms with Gasteiger partial charge >= 0.3 is 0 Å². The lowest BCUT2D eigenvalue weighted by atomic mass is 9.81. The van der Waals surface area contributed by atoms with Gasteiger partial charge in [0.05, 0.1) is 5.76 Å². The highest BCUT2D eigenvalue weighted by atomic mass is 16.3. The number of hydrogen-bond donors (Lipinski definition) is 4. The molecule has 206 valence electrons. The van der Waals surface area contributed by atoms with Gasteiger partial charge in [-0.3, -0.25) is 0 Å². The average molecular weight is 551 g/mol. The molecule has 0 spiro atoms. The molecule has 6 rings (SSSR count). The molecule has 4 N–H and O–H groups in total. The topological polar surface area (TPSA) is 80.9 Å². The highest BCUT2D eigenvalue weighted by Crippen LogP contribution is 2.43. The van der Waals surface area contributed by atoms with Gasteiger partial charge in [0.15, 0.2) is 0 Å². The van der Waals surface area contributed by atoms with Crippen molar-refractivity contribution >= 4 is 5.57 Å². The number of benzene rings is 5. The van der Waals surface area contributed by atoms with Gasteiger partial charge in [-0.1, -0.05) is 97.1 Å². The van der Waals surface area contributed by atoms with Crippen molar-refractivity contribution in [1.29, 1.82) is 0 Å². The first-order valence-corrected chi connectivity index (χ1v) is 13.8. The fourth-order valence-corrected chi connectivity index (χ4v) is 5.42. The monoisotopic (exact) mass is 550 g/mol. The van der Waals surface area contributed by atoms with E-state index in [9.17, 15) is 20.4 Å². The van der Waals surface area contributed by atoms with Crippen molar-refractivity contribution in [3.63, 3.8) is 0 Å². The standard InChI is InChI=1S/C38H30O4/c39-32-8-4-7-26(13-18-32)30-16-21-36(41)34(23-30)38(29-11-9-27(10-12-29)25-5-2-1-3-6-25)35-24-31(17-22-37(35)42)28-14-19-33(40)20-15-28/h1-7,9-24,38-42H,8H2. The molecule has 1 aliphatic rings. The summed E-state index contributed by atoms with van der Waals surface area (Å²) in [6.07, 6.45) is 7.88. The summed E-state index contributed by atoms with van der Waals surface area (Å²) in [4.78, 5) is 0. The molecule has 0 aliphatic heterocycles. The maximum atomic E-state index is 11.3. The van der Waals surface area contributed by atoms with Gasteiger partial charge < -0.3 is 20.4 Å². The van der Waals surface area contributed by atoms with Crippen molar-refractivity contribution in [2.45, 2.75) is 12.3 Å². The summed E-state index contributed by atoms with van der Waals surface area (Å²) < 4.78 is 0. The van der Waals surface area contributed by atoms with Crippen LogP contribution in [0.2, 0.25) is 0 Å². The second-order valence-corrected chi connectivity index (χ2v) is 10.4. The van der Waals surface area contributed by atoms with Gasteiger partial charge in [-0.15, -0.1) is 0 Å². The van der Waals surface area contributed by atoms with Gasteiger partial charge in [-0.2, -0.15) is 0 Å². The third kappa shape index (κ3) is 5.56. The molecule has 1 aliphatic carbocycles. The molecule has 0 aromatic heterocycles. The smallest absolute Gasteiger partial charge is 0.119 e. The van der Waals surface area contributed by atoms with Gasteiger partial charge in [0, 0.05) is 23.5 Å². The molecule has 5 aromatic carbocycles. The molecule has 0 fully saturated rings. The van der Waals surface area contributed by atoms with Crippen LogP contribution in [0.5, 0.6) is 17.2 Å². The van der Waals surface area contributed by atoms with E-state index in [4.69, 9.17) is 0 Å². The van der Waals surface area contributed by atoms with Crippen LogP contribution in [0.1, 0.15) is 34.6 Å². The third-order valence-electron chi connectivity index (χ3n) is 7.64. The Labute approximate surface area is 245 Å². The summed E-state index contributed by atoms with van der Waals surface area (Å²) in [7, 11) is 0. The first-order valence-electron chi connectivity index (χ1n) is 13.8. The largest absolute Gasteiger partial charge is 0.512 e. The van der Waals surface area contributed by atoms with E-state index < -0.39 is 5.92 Å². The van der Waals surface area contributed by atoms with E-state index in [1.54, 1.807) is 30.3 Å². The minimum Gasteiger partial charge on any atom is -0.512 e. The van der Waals surface area contributed by atoms with Crippen molar-refractivity contribution in [2.75, 3.05) is 0 Å². The Morgan fingerprint density at radius 1 is 0.500 bits per heavy atom. The normalized spacial score (nSPS) is 13.6. The number of allylic oxidation sites excluding steroid dienone is 5. The summed E-state index contributed by atoms with van der Waals surface area (Å²) >= 11 is 0. The summed E-state index contributed by atoms with van der Waals surface area (Å²) in [6.45, 7) is 0. The molecule has 0 saturated heterocycles. The number of phenolic OH excluding ortho intramolecular Hbond substituents is 3. The lowest BCUT2D eigenvalue weighted by Crippen LogP contribution is -2.05. The van der Waals surface area contributed by atoms with Crippen molar-refractivity contribution in [2.24, 2.45) is 0 Å². The number of aromatic hydroxyl groups is 3. The second kappa shape index (κ2) is 11.6. The van der Waals surface area contributed by atoms with E-state index in [1.807, 2.05) is 85.0 Å². The van der Waals surface area contributed by atoms with Crippen molar-refractivity contribution in [1.82, 2.24) is 0 Å². The van der Waals surface area contributed by atoms with E-state index in [0.29, 0.717) is 17.5 Å². The zero-order valence-electron chi connectivity index (χ0n) is 22.9. The van der Waals surface area contributed by atoms with E-state index in [1.165, 1.54) is 0 Å². The van der Waals surface area contributed by atoms with Crippen LogP contribution in [0, 0.1) is 0 Å². The molecule has 4 nitrogen and oxygen atoms in total. The van der Waals surface area contributed by atoms with Gasteiger partial charge in [0.1, 0.15) is 17.2 Å². The van der Waals surface area contributed by atoms with E-state index in [-0.39, 0.29) is 23.0 Å². The first-order chi connectivity index (χ1) is 20.5. The van der Waals surface area contributed by atoms with Crippen LogP contribution >= 0.6 is 0 Å². The van der Waals surface area contributed by atoms with E-state index >= 15 is 0 Å². The van der Waals surface area contributed by atoms with Gasteiger partial charge in [-0.25, -0.2) is 0 Å². The van der Waals surface area contributed by atoms with Crippen molar-refractivity contribution in [3.05, 3.63) is 168 Å². The summed E-state index contributed by atoms with van der Waals surface area (Å²) in [6, 6.07) is 36.2. The highest BCUT2D eigenvalue weighted by molar-refractivity contribution is 5.77. The molecule has 1 unspecified atom stereocenters. The van der Waals surface area contributed by atoms with Crippen LogP contribution in [0.4, 0.5) is 0 Å². The van der Waals surface area contributed by atoms with Crippen LogP contribution in [-0.4, -0.2) is 20.4 Å². The molecule has 1 atom stereocenters. The Morgan fingerprint density at radius 2 is 1.05 bits per heavy atom. The molecular formula is C38H30O4. The molecule has 0 radical (unpaired) electrons. The van der Waals surface area contributed by atoms with Crippen molar-refractivity contribution < 1.29 is 20.4 Å². The highest BCUT2D eigenvalue weighted by Gasteiger charge is 2.24. The van der Waals surface area contributed by atoms with Crippen molar-refractivity contribution in [3.8, 4) is 39.5 Å². The summed E-state index contributed by atoms with van der Waals surface area (Å²) in [5.74, 6) is 0.197. The van der Waals surface area contributed by atoms with Gasteiger partial charge in [0.25, 0.3) is 0 Å². The molecule has 0 saturated carbocycles. The fraction of sp³-hybridized carbons (Fsp3) is 0.0526. The zero-order chi connectivity index (χ0) is 29.1. The maximum absolute atomic E-state index is 11.3. The predicted molar refractivity (Wildman–Crippen MR) is 169 cm³/mol. The minimum absolute atomic E-state index is 0.112. The van der Waals surface area contributed by atoms with Crippen LogP contribution in [0.25, 0.3) is 27.8 Å². The number of aliphatic hydroxyl groups is 1. The molecule has 4 heteroatoms. The summed E-state index contributed by atoms with van der Waals surface area (Å²) in [5, 5.41) is 42.3. The molecular weight excluding hydrogens is 520 g/mol. The first kappa shape index (κ1) is 26.7. The van der Waals surface area contributed by atoms with Crippen LogP contribution in [0.3, 0.4) is 0 Å². The average Bonchev–Trinajstić information content (AvgIpc) is 3.24. The second-order valence-electron chi connectivity index (χ2n) is 10.4. The minimum atomic E-state index is -0.494. The Balaban J connectivity index is 1.52. The zero-order valence-corrected chi connectivity index (χ0v) is 22.9.